The van der Waals surface area contributed by atoms with E-state index >= 15 is 0 Å². The van der Waals surface area contributed by atoms with Crippen molar-refractivity contribution in [2.45, 2.75) is 26.0 Å². The van der Waals surface area contributed by atoms with E-state index in [0.29, 0.717) is 11.3 Å². The Labute approximate surface area is 129 Å². The highest BCUT2D eigenvalue weighted by molar-refractivity contribution is 5.89. The Kier molecular flexibility index (Phi) is 3.93. The fraction of sp³-hybridized carbons (Fsp3) is 0.357. The smallest absolute Gasteiger partial charge is 0.414 e. The van der Waals surface area contributed by atoms with Crippen molar-refractivity contribution >= 4 is 11.8 Å². The van der Waals surface area contributed by atoms with E-state index in [-0.39, 0.29) is 13.1 Å². The molecule has 0 bridgehead atoms. The zero-order valence-electron chi connectivity index (χ0n) is 12.1. The highest BCUT2D eigenvalue weighted by Crippen LogP contribution is 2.24. The first kappa shape index (κ1) is 15.3. The summed E-state index contributed by atoms with van der Waals surface area (Å²) in [5, 5.41) is 6.90. The highest BCUT2D eigenvalue weighted by atomic mass is 19.3. The molecule has 0 N–H and O–H groups in total. The normalized spacial score (nSPS) is 17.9. The second-order valence-corrected chi connectivity index (χ2v) is 5.22. The molecule has 0 aliphatic carbocycles. The first-order valence-corrected chi connectivity index (χ1v) is 6.86. The number of rotatable bonds is 4. The number of carbonyl (C=O) groups excluding carboxylic acids is 1. The number of nitrogens with zero attached hydrogens (tertiary/aromatic N) is 4. The Morgan fingerprint density at radius 1 is 1.43 bits per heavy atom. The van der Waals surface area contributed by atoms with Crippen molar-refractivity contribution < 1.29 is 22.7 Å². The second-order valence-electron chi connectivity index (χ2n) is 5.22. The number of aryl methyl sites for hydroxylation is 1. The van der Waals surface area contributed by atoms with Crippen LogP contribution in [0.15, 0.2) is 24.4 Å². The van der Waals surface area contributed by atoms with Crippen LogP contribution in [0.4, 0.5) is 23.7 Å². The van der Waals surface area contributed by atoms with Crippen molar-refractivity contribution in [3.8, 4) is 0 Å². The van der Waals surface area contributed by atoms with Crippen LogP contribution >= 0.6 is 0 Å². The molecule has 2 heterocycles. The van der Waals surface area contributed by atoms with Crippen molar-refractivity contribution in [3.63, 3.8) is 0 Å². The molecule has 1 aliphatic heterocycles. The Bertz CT molecular complexity index is 735. The molecule has 3 rings (SSSR count). The molecule has 0 saturated carbocycles. The lowest BCUT2D eigenvalue weighted by atomic mass is 10.2. The Morgan fingerprint density at radius 2 is 2.22 bits per heavy atom. The van der Waals surface area contributed by atoms with Crippen LogP contribution < -0.4 is 4.90 Å². The lowest BCUT2D eigenvalue weighted by Gasteiger charge is -2.13. The third-order valence-corrected chi connectivity index (χ3v) is 3.51. The largest absolute Gasteiger partial charge is 0.442 e. The van der Waals surface area contributed by atoms with Crippen LogP contribution in [0.25, 0.3) is 0 Å². The van der Waals surface area contributed by atoms with Gasteiger partial charge in [0.05, 0.1) is 25.0 Å². The zero-order chi connectivity index (χ0) is 16.6. The Balaban J connectivity index is 1.70. The number of hydrogen-bond acceptors (Lipinski definition) is 4. The predicted octanol–water partition coefficient (Wildman–Crippen LogP) is 2.69. The molecule has 1 aromatic heterocycles. The molecule has 1 saturated heterocycles. The molecule has 1 fully saturated rings. The minimum absolute atomic E-state index is 0.0936. The van der Waals surface area contributed by atoms with Gasteiger partial charge in [-0.2, -0.15) is 0 Å². The molecule has 0 radical (unpaired) electrons. The van der Waals surface area contributed by atoms with Crippen molar-refractivity contribution in [3.05, 3.63) is 41.5 Å². The Morgan fingerprint density at radius 3 is 2.87 bits per heavy atom. The summed E-state index contributed by atoms with van der Waals surface area (Å²) < 4.78 is 44.9. The van der Waals surface area contributed by atoms with Crippen molar-refractivity contribution in [1.29, 1.82) is 0 Å². The van der Waals surface area contributed by atoms with Gasteiger partial charge in [-0.3, -0.25) is 4.90 Å². The van der Waals surface area contributed by atoms with Crippen LogP contribution in [0.3, 0.4) is 0 Å². The summed E-state index contributed by atoms with van der Waals surface area (Å²) in [5.74, 6) is -0.420. The summed E-state index contributed by atoms with van der Waals surface area (Å²) in [7, 11) is 0. The lowest BCUT2D eigenvalue weighted by molar-refractivity contribution is 0.129. The number of anilines is 1. The van der Waals surface area contributed by atoms with E-state index in [9.17, 15) is 18.0 Å². The maximum absolute atomic E-state index is 13.6. The molecular formula is C14H13F3N4O2. The fourth-order valence-electron chi connectivity index (χ4n) is 2.29. The van der Waals surface area contributed by atoms with Gasteiger partial charge in [0.25, 0.3) is 6.43 Å². The van der Waals surface area contributed by atoms with Gasteiger partial charge >= 0.3 is 6.09 Å². The Hall–Kier alpha value is -2.58. The van der Waals surface area contributed by atoms with Crippen LogP contribution in [-0.2, 0) is 11.3 Å². The summed E-state index contributed by atoms with van der Waals surface area (Å²) >= 11 is 0. The van der Waals surface area contributed by atoms with Gasteiger partial charge in [0, 0.05) is 0 Å². The standard InChI is InChI=1S/C14H13F3N4O2/c1-8-2-3-9(4-11(8)15)21-6-10(23-14(21)22)5-20-7-12(13(16)17)18-19-20/h2-4,7,10,13H,5-6H2,1H3. The van der Waals surface area contributed by atoms with E-state index in [1.165, 1.54) is 15.6 Å². The molecule has 122 valence electrons. The SMILES string of the molecule is Cc1ccc(N2CC(Cn3cc(C(F)F)nn3)OC2=O)cc1F. The summed E-state index contributed by atoms with van der Waals surface area (Å²) in [6.07, 6.45) is -2.80. The minimum Gasteiger partial charge on any atom is -0.442 e. The van der Waals surface area contributed by atoms with E-state index < -0.39 is 30.1 Å². The van der Waals surface area contributed by atoms with Gasteiger partial charge in [0.1, 0.15) is 17.6 Å². The molecule has 1 aromatic carbocycles. The fourth-order valence-corrected chi connectivity index (χ4v) is 2.29. The number of carbonyl (C=O) groups is 1. The maximum atomic E-state index is 13.6. The van der Waals surface area contributed by atoms with Crippen LogP contribution in [0.5, 0.6) is 0 Å². The van der Waals surface area contributed by atoms with E-state index in [1.807, 2.05) is 0 Å². The number of hydrogen-bond donors (Lipinski definition) is 0. The third kappa shape index (κ3) is 3.13. The average molecular weight is 326 g/mol. The lowest BCUT2D eigenvalue weighted by Crippen LogP contribution is -2.26. The van der Waals surface area contributed by atoms with Gasteiger partial charge in [0.15, 0.2) is 0 Å². The van der Waals surface area contributed by atoms with Crippen molar-refractivity contribution in [2.75, 3.05) is 11.4 Å². The molecule has 1 atom stereocenters. The number of cyclic esters (lactones) is 1. The van der Waals surface area contributed by atoms with Gasteiger partial charge in [-0.15, -0.1) is 5.10 Å². The summed E-state index contributed by atoms with van der Waals surface area (Å²) in [6.45, 7) is 1.89. The first-order valence-electron chi connectivity index (χ1n) is 6.86. The highest BCUT2D eigenvalue weighted by Gasteiger charge is 2.33. The molecule has 6 nitrogen and oxygen atoms in total. The zero-order valence-corrected chi connectivity index (χ0v) is 12.1. The molecule has 1 amide bonds. The third-order valence-electron chi connectivity index (χ3n) is 3.51. The maximum Gasteiger partial charge on any atom is 0.414 e. The number of halogens is 3. The molecule has 1 unspecified atom stereocenters. The molecule has 23 heavy (non-hydrogen) atoms. The average Bonchev–Trinajstić information content (AvgIpc) is 3.09. The number of benzene rings is 1. The predicted molar refractivity (Wildman–Crippen MR) is 73.7 cm³/mol. The van der Waals surface area contributed by atoms with Crippen molar-refractivity contribution in [2.24, 2.45) is 0 Å². The first-order chi connectivity index (χ1) is 10.9. The topological polar surface area (TPSA) is 60.3 Å². The molecule has 9 heteroatoms. The van der Waals surface area contributed by atoms with E-state index in [0.717, 1.165) is 6.20 Å². The van der Waals surface area contributed by atoms with Gasteiger partial charge < -0.3 is 4.74 Å². The second kappa shape index (κ2) is 5.90. The van der Waals surface area contributed by atoms with E-state index in [2.05, 4.69) is 10.3 Å². The number of aromatic nitrogens is 3. The van der Waals surface area contributed by atoms with Gasteiger partial charge in [-0.05, 0) is 24.6 Å². The van der Waals surface area contributed by atoms with Crippen LogP contribution in [0.2, 0.25) is 0 Å². The quantitative estimate of drug-likeness (QED) is 0.867. The molecule has 1 aliphatic rings. The minimum atomic E-state index is -2.71. The molecule has 0 spiro atoms. The summed E-state index contributed by atoms with van der Waals surface area (Å²) in [4.78, 5) is 13.2. The molecule has 2 aromatic rings. The van der Waals surface area contributed by atoms with Gasteiger partial charge in [-0.1, -0.05) is 11.3 Å². The van der Waals surface area contributed by atoms with Gasteiger partial charge in [-0.25, -0.2) is 22.6 Å². The number of alkyl halides is 2. The van der Waals surface area contributed by atoms with Gasteiger partial charge in [0.2, 0.25) is 0 Å². The molecular weight excluding hydrogens is 313 g/mol. The summed E-state index contributed by atoms with van der Waals surface area (Å²) in [6, 6.07) is 4.44. The van der Waals surface area contributed by atoms with Crippen LogP contribution in [0.1, 0.15) is 17.7 Å². The van der Waals surface area contributed by atoms with E-state index in [4.69, 9.17) is 4.74 Å². The monoisotopic (exact) mass is 326 g/mol. The number of ether oxygens (including phenoxy) is 1. The van der Waals surface area contributed by atoms with Crippen LogP contribution in [0, 0.1) is 12.7 Å². The van der Waals surface area contributed by atoms with Crippen LogP contribution in [-0.4, -0.2) is 33.7 Å². The number of amides is 1. The summed E-state index contributed by atoms with van der Waals surface area (Å²) in [5.41, 5.74) is 0.416. The van der Waals surface area contributed by atoms with E-state index in [1.54, 1.807) is 19.1 Å². The van der Waals surface area contributed by atoms with Crippen molar-refractivity contribution in [1.82, 2.24) is 15.0 Å².